The van der Waals surface area contributed by atoms with Crippen molar-refractivity contribution in [2.24, 2.45) is 5.92 Å². The van der Waals surface area contributed by atoms with Gasteiger partial charge in [0.15, 0.2) is 0 Å². The molecule has 0 aromatic heterocycles. The molecule has 5 rings (SSSR count). The van der Waals surface area contributed by atoms with Gasteiger partial charge in [-0.3, -0.25) is 4.79 Å². The summed E-state index contributed by atoms with van der Waals surface area (Å²) in [5.41, 5.74) is 4.53. The SMILES string of the molecule is CCCC(NC(=O)OCC1c2ccccc2-c2ccccc21)C(=O)N1C(C(=O)O)CSC1C1CC1. The molecule has 3 atom stereocenters. The van der Waals surface area contributed by atoms with E-state index in [0.717, 1.165) is 35.1 Å². The fraction of sp³-hybridized carbons (Fsp3) is 0.444. The molecule has 2 N–H and O–H groups in total. The van der Waals surface area contributed by atoms with E-state index in [4.69, 9.17) is 4.74 Å². The number of carboxylic acids is 1. The Morgan fingerprint density at radius 3 is 2.29 bits per heavy atom. The number of amides is 2. The molecule has 2 aliphatic carbocycles. The minimum Gasteiger partial charge on any atom is -0.480 e. The number of aliphatic carboxylic acids is 1. The average molecular weight is 495 g/mol. The summed E-state index contributed by atoms with van der Waals surface area (Å²) in [5.74, 6) is -0.671. The van der Waals surface area contributed by atoms with Crippen LogP contribution in [-0.4, -0.2) is 57.8 Å². The third-order valence-corrected chi connectivity index (χ3v) is 8.57. The molecule has 2 aromatic carbocycles. The van der Waals surface area contributed by atoms with Crippen LogP contribution in [0.4, 0.5) is 4.79 Å². The summed E-state index contributed by atoms with van der Waals surface area (Å²) in [7, 11) is 0. The van der Waals surface area contributed by atoms with Crippen LogP contribution in [0, 0.1) is 5.92 Å². The van der Waals surface area contributed by atoms with Gasteiger partial charge in [-0.2, -0.15) is 0 Å². The molecular weight excluding hydrogens is 464 g/mol. The number of thioether (sulfide) groups is 1. The van der Waals surface area contributed by atoms with E-state index in [1.54, 1.807) is 0 Å². The number of carbonyl (C=O) groups is 3. The Morgan fingerprint density at radius 2 is 1.71 bits per heavy atom. The molecule has 2 aromatic rings. The number of nitrogens with zero attached hydrogens (tertiary/aromatic N) is 1. The van der Waals surface area contributed by atoms with Crippen molar-refractivity contribution < 1.29 is 24.2 Å². The Hall–Kier alpha value is -3.00. The molecule has 2 fully saturated rings. The van der Waals surface area contributed by atoms with Gasteiger partial charge in [-0.15, -0.1) is 11.8 Å². The van der Waals surface area contributed by atoms with E-state index in [-0.39, 0.29) is 23.8 Å². The van der Waals surface area contributed by atoms with Gasteiger partial charge in [0.1, 0.15) is 18.7 Å². The molecule has 0 bridgehead atoms. The van der Waals surface area contributed by atoms with Gasteiger partial charge in [-0.1, -0.05) is 61.9 Å². The van der Waals surface area contributed by atoms with Crippen LogP contribution < -0.4 is 5.32 Å². The summed E-state index contributed by atoms with van der Waals surface area (Å²) in [6.07, 6.45) is 2.46. The second-order valence-electron chi connectivity index (χ2n) is 9.47. The Balaban J connectivity index is 1.27. The molecule has 1 saturated heterocycles. The van der Waals surface area contributed by atoms with Crippen LogP contribution in [0.1, 0.15) is 49.7 Å². The molecule has 8 heteroatoms. The predicted molar refractivity (Wildman–Crippen MR) is 134 cm³/mol. The maximum Gasteiger partial charge on any atom is 0.407 e. The molecule has 1 saturated carbocycles. The first-order chi connectivity index (χ1) is 17.0. The average Bonchev–Trinajstić information content (AvgIpc) is 3.52. The molecule has 184 valence electrons. The number of carboxylic acid groups (broad SMARTS) is 1. The van der Waals surface area contributed by atoms with Crippen molar-refractivity contribution in [2.45, 2.75) is 56.0 Å². The van der Waals surface area contributed by atoms with E-state index < -0.39 is 24.1 Å². The summed E-state index contributed by atoms with van der Waals surface area (Å²) in [5, 5.41) is 12.3. The first-order valence-electron chi connectivity index (χ1n) is 12.3. The highest BCUT2D eigenvalue weighted by atomic mass is 32.2. The van der Waals surface area contributed by atoms with E-state index in [1.807, 2.05) is 31.2 Å². The van der Waals surface area contributed by atoms with Gasteiger partial charge < -0.3 is 20.1 Å². The predicted octanol–water partition coefficient (Wildman–Crippen LogP) is 4.46. The Kier molecular flexibility index (Phi) is 6.73. The second-order valence-corrected chi connectivity index (χ2v) is 10.6. The highest BCUT2D eigenvalue weighted by molar-refractivity contribution is 8.00. The first-order valence-corrected chi connectivity index (χ1v) is 13.3. The van der Waals surface area contributed by atoms with Crippen LogP contribution in [-0.2, 0) is 14.3 Å². The van der Waals surface area contributed by atoms with Crippen LogP contribution in [0.15, 0.2) is 48.5 Å². The zero-order valence-corrected chi connectivity index (χ0v) is 20.5. The molecule has 1 heterocycles. The van der Waals surface area contributed by atoms with Crippen molar-refractivity contribution in [3.63, 3.8) is 0 Å². The van der Waals surface area contributed by atoms with Crippen molar-refractivity contribution >= 4 is 29.7 Å². The zero-order valence-electron chi connectivity index (χ0n) is 19.7. The van der Waals surface area contributed by atoms with E-state index >= 15 is 0 Å². The smallest absolute Gasteiger partial charge is 0.407 e. The lowest BCUT2D eigenvalue weighted by atomic mass is 9.98. The lowest BCUT2D eigenvalue weighted by molar-refractivity contribution is -0.150. The van der Waals surface area contributed by atoms with Gasteiger partial charge in [0.05, 0.1) is 5.37 Å². The third kappa shape index (κ3) is 4.63. The number of carbonyl (C=O) groups excluding carboxylic acids is 2. The molecule has 1 aliphatic heterocycles. The van der Waals surface area contributed by atoms with Gasteiger partial charge in [0.25, 0.3) is 0 Å². The zero-order chi connectivity index (χ0) is 24.5. The van der Waals surface area contributed by atoms with E-state index in [2.05, 4.69) is 29.6 Å². The second kappa shape index (κ2) is 9.93. The van der Waals surface area contributed by atoms with E-state index in [0.29, 0.717) is 24.5 Å². The van der Waals surface area contributed by atoms with E-state index in [9.17, 15) is 19.5 Å². The van der Waals surface area contributed by atoms with Crippen LogP contribution in [0.5, 0.6) is 0 Å². The molecular formula is C27H30N2O5S. The molecule has 3 unspecified atom stereocenters. The molecule has 3 aliphatic rings. The first kappa shape index (κ1) is 23.7. The molecule has 7 nitrogen and oxygen atoms in total. The lowest BCUT2D eigenvalue weighted by Crippen LogP contribution is -2.54. The fourth-order valence-corrected chi connectivity index (χ4v) is 6.89. The summed E-state index contributed by atoms with van der Waals surface area (Å²) < 4.78 is 5.65. The highest BCUT2D eigenvalue weighted by Gasteiger charge is 2.49. The normalized spacial score (nSPS) is 21.8. The van der Waals surface area contributed by atoms with Gasteiger partial charge in [0, 0.05) is 11.7 Å². The van der Waals surface area contributed by atoms with Crippen molar-refractivity contribution in [3.8, 4) is 11.1 Å². The molecule has 35 heavy (non-hydrogen) atoms. The molecule has 0 radical (unpaired) electrons. The summed E-state index contributed by atoms with van der Waals surface area (Å²) >= 11 is 1.53. The third-order valence-electron chi connectivity index (χ3n) is 7.11. The van der Waals surface area contributed by atoms with Crippen LogP contribution >= 0.6 is 11.8 Å². The van der Waals surface area contributed by atoms with Crippen LogP contribution in [0.25, 0.3) is 11.1 Å². The quantitative estimate of drug-likeness (QED) is 0.563. The van der Waals surface area contributed by atoms with Gasteiger partial charge in [-0.25, -0.2) is 9.59 Å². The summed E-state index contributed by atoms with van der Waals surface area (Å²) in [6.45, 7) is 2.10. The highest BCUT2D eigenvalue weighted by Crippen LogP contribution is 2.46. The van der Waals surface area contributed by atoms with Gasteiger partial charge in [0.2, 0.25) is 5.91 Å². The van der Waals surface area contributed by atoms with Crippen molar-refractivity contribution in [3.05, 3.63) is 59.7 Å². The van der Waals surface area contributed by atoms with Gasteiger partial charge >= 0.3 is 12.1 Å². The maximum absolute atomic E-state index is 13.5. The molecule has 0 spiro atoms. The minimum absolute atomic E-state index is 0.0703. The monoisotopic (exact) mass is 494 g/mol. The Bertz CT molecular complexity index is 1090. The van der Waals surface area contributed by atoms with Crippen LogP contribution in [0.2, 0.25) is 0 Å². The maximum atomic E-state index is 13.5. The largest absolute Gasteiger partial charge is 0.480 e. The van der Waals surface area contributed by atoms with Crippen molar-refractivity contribution in [1.82, 2.24) is 10.2 Å². The fourth-order valence-electron chi connectivity index (χ4n) is 5.25. The summed E-state index contributed by atoms with van der Waals surface area (Å²) in [4.78, 5) is 39.7. The number of benzene rings is 2. The number of ether oxygens (including phenoxy) is 1. The summed E-state index contributed by atoms with van der Waals surface area (Å²) in [6, 6.07) is 14.6. The van der Waals surface area contributed by atoms with Crippen molar-refractivity contribution in [1.29, 1.82) is 0 Å². The Morgan fingerprint density at radius 1 is 1.09 bits per heavy atom. The number of fused-ring (bicyclic) bond motifs is 3. The standard InChI is InChI=1S/C27H30N2O5S/c1-2-7-22(24(30)29-23(26(31)32)15-35-25(29)16-12-13-16)28-27(33)34-14-21-19-10-5-3-8-17(19)18-9-4-6-11-20(18)21/h3-6,8-11,16,21-23,25H,2,7,12-15H2,1H3,(H,28,33)(H,31,32). The van der Waals surface area contributed by atoms with Crippen molar-refractivity contribution in [2.75, 3.05) is 12.4 Å². The Labute approximate surface area is 209 Å². The minimum atomic E-state index is -0.995. The van der Waals surface area contributed by atoms with Crippen LogP contribution in [0.3, 0.4) is 0 Å². The topological polar surface area (TPSA) is 95.9 Å². The lowest BCUT2D eigenvalue weighted by Gasteiger charge is -2.31. The van der Waals surface area contributed by atoms with Gasteiger partial charge in [-0.05, 0) is 47.4 Å². The number of rotatable bonds is 8. The number of nitrogens with one attached hydrogen (secondary N) is 1. The van der Waals surface area contributed by atoms with E-state index in [1.165, 1.54) is 16.7 Å². The number of hydrogen-bond acceptors (Lipinski definition) is 5. The number of hydrogen-bond donors (Lipinski definition) is 2. The number of alkyl carbamates (subject to hydrolysis) is 1. The molecule has 2 amide bonds.